The highest BCUT2D eigenvalue weighted by atomic mass is 16.2. The third-order valence-corrected chi connectivity index (χ3v) is 4.45. The fourth-order valence-electron chi connectivity index (χ4n) is 2.64. The van der Waals surface area contributed by atoms with Crippen LogP contribution in [0.25, 0.3) is 0 Å². The summed E-state index contributed by atoms with van der Waals surface area (Å²) in [6.45, 7) is 1.92. The Bertz CT molecular complexity index is 862. The number of aryl methyl sites for hydroxylation is 2. The summed E-state index contributed by atoms with van der Waals surface area (Å²) in [7, 11) is 0. The molecule has 0 aromatic heterocycles. The average molecular weight is 347 g/mol. The Hall–Kier alpha value is -3.13. The molecule has 1 saturated carbocycles. The molecular formula is C21H21N3O2. The number of hydrogen-bond donors (Lipinski definition) is 2. The Kier molecular flexibility index (Phi) is 5.33. The second-order valence-electron chi connectivity index (χ2n) is 6.65. The molecule has 0 radical (unpaired) electrons. The molecule has 0 heterocycles. The van der Waals surface area contributed by atoms with Crippen molar-refractivity contribution in [2.45, 2.75) is 32.6 Å². The number of anilines is 2. The highest BCUT2D eigenvalue weighted by Gasteiger charge is 2.29. The number of benzene rings is 2. The third kappa shape index (κ3) is 4.70. The van der Waals surface area contributed by atoms with Crippen molar-refractivity contribution in [2.24, 2.45) is 5.92 Å². The summed E-state index contributed by atoms with van der Waals surface area (Å²) in [4.78, 5) is 24.1. The number of carbonyl (C=O) groups is 2. The monoisotopic (exact) mass is 347 g/mol. The molecule has 2 amide bonds. The molecule has 0 bridgehead atoms. The quantitative estimate of drug-likeness (QED) is 0.834. The van der Waals surface area contributed by atoms with Gasteiger partial charge < -0.3 is 10.6 Å². The largest absolute Gasteiger partial charge is 0.326 e. The maximum absolute atomic E-state index is 12.3. The summed E-state index contributed by atoms with van der Waals surface area (Å²) in [5.41, 5.74) is 3.99. The van der Waals surface area contributed by atoms with Crippen molar-refractivity contribution >= 4 is 23.2 Å². The molecule has 5 nitrogen and oxygen atoms in total. The summed E-state index contributed by atoms with van der Waals surface area (Å²) in [5.74, 6) is 0.108. The first-order valence-electron chi connectivity index (χ1n) is 8.75. The second-order valence-corrected chi connectivity index (χ2v) is 6.65. The van der Waals surface area contributed by atoms with Gasteiger partial charge in [0, 0.05) is 23.7 Å². The van der Waals surface area contributed by atoms with Gasteiger partial charge in [0.2, 0.25) is 11.8 Å². The predicted molar refractivity (Wildman–Crippen MR) is 101 cm³/mol. The zero-order valence-electron chi connectivity index (χ0n) is 14.7. The predicted octanol–water partition coefficient (Wildman–Crippen LogP) is 3.79. The van der Waals surface area contributed by atoms with E-state index in [2.05, 4.69) is 16.7 Å². The van der Waals surface area contributed by atoms with Gasteiger partial charge in [0.15, 0.2) is 0 Å². The molecule has 0 spiro atoms. The standard InChI is InChI=1S/C21H21N3O2/c1-14-2-10-18(23-21(26)17-8-9-17)12-19(14)24-20(25)11-7-15-3-5-16(13-22)6-4-15/h2-6,10,12,17H,7-9,11H2,1H3,(H,23,26)(H,24,25). The molecule has 0 saturated heterocycles. The lowest BCUT2D eigenvalue weighted by molar-refractivity contribution is -0.117. The molecule has 2 aromatic rings. The van der Waals surface area contributed by atoms with Gasteiger partial charge >= 0.3 is 0 Å². The summed E-state index contributed by atoms with van der Waals surface area (Å²) in [5, 5.41) is 14.6. The van der Waals surface area contributed by atoms with Gasteiger partial charge in [-0.25, -0.2) is 0 Å². The number of nitriles is 1. The summed E-state index contributed by atoms with van der Waals surface area (Å²) < 4.78 is 0. The summed E-state index contributed by atoms with van der Waals surface area (Å²) in [6, 6.07) is 14.9. The maximum atomic E-state index is 12.3. The number of hydrogen-bond acceptors (Lipinski definition) is 3. The molecule has 3 rings (SSSR count). The molecule has 26 heavy (non-hydrogen) atoms. The summed E-state index contributed by atoms with van der Waals surface area (Å²) in [6.07, 6.45) is 2.87. The van der Waals surface area contributed by atoms with Crippen LogP contribution in [-0.2, 0) is 16.0 Å². The smallest absolute Gasteiger partial charge is 0.227 e. The molecule has 0 atom stereocenters. The molecule has 132 valence electrons. The van der Waals surface area contributed by atoms with Crippen LogP contribution < -0.4 is 10.6 Å². The normalized spacial score (nSPS) is 12.9. The Morgan fingerprint density at radius 2 is 1.85 bits per heavy atom. The zero-order chi connectivity index (χ0) is 18.5. The Balaban J connectivity index is 1.57. The molecule has 2 aromatic carbocycles. The van der Waals surface area contributed by atoms with E-state index in [1.165, 1.54) is 0 Å². The van der Waals surface area contributed by atoms with Gasteiger partial charge in [-0.1, -0.05) is 18.2 Å². The van der Waals surface area contributed by atoms with Gasteiger partial charge in [0.1, 0.15) is 0 Å². The van der Waals surface area contributed by atoms with Crippen molar-refractivity contribution in [1.29, 1.82) is 5.26 Å². The molecule has 0 aliphatic heterocycles. The SMILES string of the molecule is Cc1ccc(NC(=O)C2CC2)cc1NC(=O)CCc1ccc(C#N)cc1. The van der Waals surface area contributed by atoms with E-state index in [-0.39, 0.29) is 17.7 Å². The Morgan fingerprint density at radius 1 is 1.12 bits per heavy atom. The van der Waals surface area contributed by atoms with Gasteiger partial charge in [-0.15, -0.1) is 0 Å². The van der Waals surface area contributed by atoms with Gasteiger partial charge in [-0.05, 0) is 61.6 Å². The number of nitrogens with zero attached hydrogens (tertiary/aromatic N) is 1. The van der Waals surface area contributed by atoms with Crippen molar-refractivity contribution in [1.82, 2.24) is 0 Å². The van der Waals surface area contributed by atoms with Gasteiger partial charge in [0.05, 0.1) is 11.6 Å². The van der Waals surface area contributed by atoms with E-state index < -0.39 is 0 Å². The minimum atomic E-state index is -0.0804. The molecule has 2 N–H and O–H groups in total. The van der Waals surface area contributed by atoms with Crippen molar-refractivity contribution in [3.63, 3.8) is 0 Å². The Labute approximate surface area is 153 Å². The van der Waals surface area contributed by atoms with E-state index in [1.54, 1.807) is 18.2 Å². The number of carbonyl (C=O) groups excluding carboxylic acids is 2. The topological polar surface area (TPSA) is 82.0 Å². The first-order chi connectivity index (χ1) is 12.5. The number of amides is 2. The third-order valence-electron chi connectivity index (χ3n) is 4.45. The van der Waals surface area contributed by atoms with Crippen molar-refractivity contribution < 1.29 is 9.59 Å². The lowest BCUT2D eigenvalue weighted by Gasteiger charge is -2.11. The minimum Gasteiger partial charge on any atom is -0.326 e. The van der Waals surface area contributed by atoms with E-state index in [1.807, 2.05) is 31.2 Å². The first-order valence-corrected chi connectivity index (χ1v) is 8.75. The van der Waals surface area contributed by atoms with Crippen LogP contribution in [0.5, 0.6) is 0 Å². The van der Waals surface area contributed by atoms with Crippen LogP contribution in [0.4, 0.5) is 11.4 Å². The van der Waals surface area contributed by atoms with Crippen LogP contribution in [0.2, 0.25) is 0 Å². The lowest BCUT2D eigenvalue weighted by Crippen LogP contribution is -2.15. The van der Waals surface area contributed by atoms with Gasteiger partial charge in [-0.2, -0.15) is 5.26 Å². The fraction of sp³-hybridized carbons (Fsp3) is 0.286. The molecular weight excluding hydrogens is 326 g/mol. The molecule has 0 unspecified atom stereocenters. The second kappa shape index (κ2) is 7.83. The van der Waals surface area contributed by atoms with E-state index in [9.17, 15) is 9.59 Å². The van der Waals surface area contributed by atoms with Crippen molar-refractivity contribution in [2.75, 3.05) is 10.6 Å². The van der Waals surface area contributed by atoms with Crippen LogP contribution >= 0.6 is 0 Å². The van der Waals surface area contributed by atoms with Crippen molar-refractivity contribution in [3.8, 4) is 6.07 Å². The van der Waals surface area contributed by atoms with E-state index in [0.717, 1.165) is 24.0 Å². The van der Waals surface area contributed by atoms with Crippen LogP contribution in [0, 0.1) is 24.2 Å². The highest BCUT2D eigenvalue weighted by molar-refractivity contribution is 5.96. The maximum Gasteiger partial charge on any atom is 0.227 e. The average Bonchev–Trinajstić information content (AvgIpc) is 3.48. The molecule has 1 fully saturated rings. The number of nitrogens with one attached hydrogen (secondary N) is 2. The fourth-order valence-corrected chi connectivity index (χ4v) is 2.64. The zero-order valence-corrected chi connectivity index (χ0v) is 14.7. The van der Waals surface area contributed by atoms with E-state index in [0.29, 0.717) is 29.8 Å². The van der Waals surface area contributed by atoms with Crippen LogP contribution in [0.15, 0.2) is 42.5 Å². The minimum absolute atomic E-state index is 0.0481. The van der Waals surface area contributed by atoms with Crippen molar-refractivity contribution in [3.05, 3.63) is 59.2 Å². The van der Waals surface area contributed by atoms with Gasteiger partial charge in [-0.3, -0.25) is 9.59 Å². The summed E-state index contributed by atoms with van der Waals surface area (Å²) >= 11 is 0. The molecule has 1 aliphatic carbocycles. The van der Waals surface area contributed by atoms with Crippen LogP contribution in [-0.4, -0.2) is 11.8 Å². The molecule has 1 aliphatic rings. The molecule has 5 heteroatoms. The highest BCUT2D eigenvalue weighted by Crippen LogP contribution is 2.30. The van der Waals surface area contributed by atoms with Crippen LogP contribution in [0.3, 0.4) is 0 Å². The van der Waals surface area contributed by atoms with E-state index >= 15 is 0 Å². The van der Waals surface area contributed by atoms with E-state index in [4.69, 9.17) is 5.26 Å². The Morgan fingerprint density at radius 3 is 2.50 bits per heavy atom. The van der Waals surface area contributed by atoms with Crippen LogP contribution in [0.1, 0.15) is 36.0 Å². The lowest BCUT2D eigenvalue weighted by atomic mass is 10.1. The van der Waals surface area contributed by atoms with Gasteiger partial charge in [0.25, 0.3) is 0 Å². The number of rotatable bonds is 6. The first kappa shape index (κ1) is 17.7.